The van der Waals surface area contributed by atoms with Crippen molar-refractivity contribution in [2.45, 2.75) is 6.92 Å². The Morgan fingerprint density at radius 1 is 1.32 bits per heavy atom. The van der Waals surface area contributed by atoms with Crippen LogP contribution < -0.4 is 14.9 Å². The van der Waals surface area contributed by atoms with Crippen molar-refractivity contribution >= 4 is 29.4 Å². The number of halogens is 1. The number of nitro benzene ring substituents is 1. The topological polar surface area (TPSA) is 103 Å². The Hall–Kier alpha value is -3.13. The van der Waals surface area contributed by atoms with Crippen LogP contribution in [-0.2, 0) is 0 Å². The Bertz CT molecular complexity index is 898. The summed E-state index contributed by atoms with van der Waals surface area (Å²) in [6.07, 6.45) is 1.17. The SMILES string of the molecule is Cc1ccc(C(=O)N/N=C\c2cc3c(cc2[N+](=O)[O-])OCO3)cc1Cl. The fourth-order valence-electron chi connectivity index (χ4n) is 2.17. The molecule has 2 aromatic rings. The largest absolute Gasteiger partial charge is 0.454 e. The number of fused-ring (bicyclic) bond motifs is 1. The number of amides is 1. The van der Waals surface area contributed by atoms with Gasteiger partial charge < -0.3 is 9.47 Å². The van der Waals surface area contributed by atoms with Crippen molar-refractivity contribution in [2.75, 3.05) is 6.79 Å². The number of hydrogen-bond donors (Lipinski definition) is 1. The molecule has 1 heterocycles. The van der Waals surface area contributed by atoms with Crippen LogP contribution in [0.3, 0.4) is 0 Å². The summed E-state index contributed by atoms with van der Waals surface area (Å²) in [7, 11) is 0. The molecule has 128 valence electrons. The van der Waals surface area contributed by atoms with Gasteiger partial charge in [0.2, 0.25) is 6.79 Å². The highest BCUT2D eigenvalue weighted by atomic mass is 35.5. The third kappa shape index (κ3) is 3.53. The molecule has 0 saturated carbocycles. The van der Waals surface area contributed by atoms with Gasteiger partial charge in [-0.1, -0.05) is 17.7 Å². The molecule has 0 fully saturated rings. The van der Waals surface area contributed by atoms with E-state index in [0.717, 1.165) is 5.56 Å². The average molecular weight is 362 g/mol. The summed E-state index contributed by atoms with van der Waals surface area (Å²) in [5, 5.41) is 15.4. The number of aryl methyl sites for hydroxylation is 1. The second-order valence-corrected chi connectivity index (χ2v) is 5.59. The van der Waals surface area contributed by atoms with Crippen LogP contribution >= 0.6 is 11.6 Å². The van der Waals surface area contributed by atoms with Crippen molar-refractivity contribution in [3.63, 3.8) is 0 Å². The van der Waals surface area contributed by atoms with Crippen LogP contribution in [0.15, 0.2) is 35.4 Å². The lowest BCUT2D eigenvalue weighted by atomic mass is 10.1. The van der Waals surface area contributed by atoms with E-state index >= 15 is 0 Å². The molecule has 0 radical (unpaired) electrons. The maximum absolute atomic E-state index is 12.0. The van der Waals surface area contributed by atoms with Gasteiger partial charge in [-0.3, -0.25) is 14.9 Å². The predicted molar refractivity (Wildman–Crippen MR) is 90.5 cm³/mol. The minimum absolute atomic E-state index is 0.00198. The summed E-state index contributed by atoms with van der Waals surface area (Å²) in [6.45, 7) is 1.82. The van der Waals surface area contributed by atoms with Crippen molar-refractivity contribution in [2.24, 2.45) is 5.10 Å². The normalized spacial score (nSPS) is 12.4. The van der Waals surface area contributed by atoms with Crippen LogP contribution in [0.2, 0.25) is 5.02 Å². The summed E-state index contributed by atoms with van der Waals surface area (Å²) in [4.78, 5) is 22.6. The molecular formula is C16H12ClN3O5. The molecule has 9 heteroatoms. The van der Waals surface area contributed by atoms with Crippen LogP contribution in [0.25, 0.3) is 0 Å². The van der Waals surface area contributed by atoms with E-state index in [2.05, 4.69) is 10.5 Å². The van der Waals surface area contributed by atoms with Gasteiger partial charge in [0.15, 0.2) is 11.5 Å². The predicted octanol–water partition coefficient (Wildman–Crippen LogP) is 3.05. The van der Waals surface area contributed by atoms with E-state index in [4.69, 9.17) is 21.1 Å². The molecule has 1 aliphatic rings. The van der Waals surface area contributed by atoms with E-state index in [1.54, 1.807) is 12.1 Å². The monoisotopic (exact) mass is 361 g/mol. The average Bonchev–Trinajstić information content (AvgIpc) is 3.03. The van der Waals surface area contributed by atoms with Crippen molar-refractivity contribution in [1.82, 2.24) is 5.43 Å². The van der Waals surface area contributed by atoms with E-state index in [1.165, 1.54) is 24.4 Å². The molecule has 25 heavy (non-hydrogen) atoms. The molecule has 0 atom stereocenters. The molecule has 0 aliphatic carbocycles. The molecule has 3 rings (SSSR count). The maximum Gasteiger partial charge on any atom is 0.282 e. The zero-order valence-electron chi connectivity index (χ0n) is 13.0. The fourth-order valence-corrected chi connectivity index (χ4v) is 2.35. The Balaban J connectivity index is 1.79. The van der Waals surface area contributed by atoms with Crippen molar-refractivity contribution in [3.8, 4) is 11.5 Å². The van der Waals surface area contributed by atoms with Crippen molar-refractivity contribution < 1.29 is 19.2 Å². The fraction of sp³-hybridized carbons (Fsp3) is 0.125. The van der Waals surface area contributed by atoms with Gasteiger partial charge in [-0.05, 0) is 30.7 Å². The molecule has 0 aromatic heterocycles. The van der Waals surface area contributed by atoms with Gasteiger partial charge in [0.25, 0.3) is 11.6 Å². The van der Waals surface area contributed by atoms with E-state index in [1.807, 2.05) is 6.92 Å². The standard InChI is InChI=1S/C16H12ClN3O5/c1-9-2-3-10(4-12(9)17)16(21)19-18-7-11-5-14-15(25-8-24-14)6-13(11)20(22)23/h2-7H,8H2,1H3,(H,19,21)/b18-7-. The minimum atomic E-state index is -0.565. The number of rotatable bonds is 4. The highest BCUT2D eigenvalue weighted by molar-refractivity contribution is 6.31. The molecule has 0 saturated heterocycles. The molecule has 0 bridgehead atoms. The lowest BCUT2D eigenvalue weighted by molar-refractivity contribution is -0.385. The summed E-state index contributed by atoms with van der Waals surface area (Å²) in [5.41, 5.74) is 3.45. The van der Waals surface area contributed by atoms with Crippen LogP contribution in [0.5, 0.6) is 11.5 Å². The zero-order valence-corrected chi connectivity index (χ0v) is 13.7. The highest BCUT2D eigenvalue weighted by Gasteiger charge is 2.22. The zero-order chi connectivity index (χ0) is 18.0. The van der Waals surface area contributed by atoms with Gasteiger partial charge in [0.1, 0.15) is 0 Å². The summed E-state index contributed by atoms with van der Waals surface area (Å²) < 4.78 is 10.3. The van der Waals surface area contributed by atoms with Gasteiger partial charge in [0, 0.05) is 10.6 Å². The smallest absolute Gasteiger partial charge is 0.282 e. The van der Waals surface area contributed by atoms with E-state index in [-0.39, 0.29) is 18.0 Å². The van der Waals surface area contributed by atoms with Crippen molar-refractivity contribution in [1.29, 1.82) is 0 Å². The third-order valence-electron chi connectivity index (χ3n) is 3.52. The summed E-state index contributed by atoms with van der Waals surface area (Å²) in [5.74, 6) is 0.187. The van der Waals surface area contributed by atoms with Crippen LogP contribution in [0, 0.1) is 17.0 Å². The Morgan fingerprint density at radius 2 is 2.04 bits per heavy atom. The first kappa shape index (κ1) is 16.7. The van der Waals surface area contributed by atoms with E-state index in [9.17, 15) is 14.9 Å². The van der Waals surface area contributed by atoms with Crippen LogP contribution in [-0.4, -0.2) is 23.8 Å². The molecule has 8 nitrogen and oxygen atoms in total. The van der Waals surface area contributed by atoms with Gasteiger partial charge in [-0.15, -0.1) is 0 Å². The number of benzene rings is 2. The first-order chi connectivity index (χ1) is 12.0. The first-order valence-corrected chi connectivity index (χ1v) is 7.51. The Morgan fingerprint density at radius 3 is 2.72 bits per heavy atom. The Kier molecular flexibility index (Phi) is 4.53. The van der Waals surface area contributed by atoms with Crippen LogP contribution in [0.1, 0.15) is 21.5 Å². The van der Waals surface area contributed by atoms with E-state index < -0.39 is 10.8 Å². The second kappa shape index (κ2) is 6.78. The number of hydrazone groups is 1. The molecule has 0 unspecified atom stereocenters. The lowest BCUT2D eigenvalue weighted by Gasteiger charge is -2.03. The number of carbonyl (C=O) groups excluding carboxylic acids is 1. The van der Waals surface area contributed by atoms with Gasteiger partial charge in [-0.2, -0.15) is 5.10 Å². The second-order valence-electron chi connectivity index (χ2n) is 5.18. The molecule has 1 N–H and O–H groups in total. The first-order valence-electron chi connectivity index (χ1n) is 7.13. The lowest BCUT2D eigenvalue weighted by Crippen LogP contribution is -2.17. The molecule has 1 amide bonds. The van der Waals surface area contributed by atoms with Gasteiger partial charge >= 0.3 is 0 Å². The minimum Gasteiger partial charge on any atom is -0.454 e. The quantitative estimate of drug-likeness (QED) is 0.512. The molecule has 2 aromatic carbocycles. The highest BCUT2D eigenvalue weighted by Crippen LogP contribution is 2.37. The summed E-state index contributed by atoms with van der Waals surface area (Å²) in [6, 6.07) is 7.52. The third-order valence-corrected chi connectivity index (χ3v) is 3.93. The number of nitro groups is 1. The number of carbonyl (C=O) groups is 1. The number of nitrogens with zero attached hydrogens (tertiary/aromatic N) is 2. The number of hydrogen-bond acceptors (Lipinski definition) is 6. The maximum atomic E-state index is 12.0. The van der Waals surface area contributed by atoms with E-state index in [0.29, 0.717) is 22.1 Å². The van der Waals surface area contributed by atoms with Gasteiger partial charge in [-0.25, -0.2) is 5.43 Å². The van der Waals surface area contributed by atoms with Gasteiger partial charge in [0.05, 0.1) is 22.8 Å². The number of ether oxygens (including phenoxy) is 2. The molecule has 1 aliphatic heterocycles. The molecular weight excluding hydrogens is 350 g/mol. The van der Waals surface area contributed by atoms with Crippen LogP contribution in [0.4, 0.5) is 5.69 Å². The molecule has 0 spiro atoms. The number of nitrogens with one attached hydrogen (secondary N) is 1. The summed E-state index contributed by atoms with van der Waals surface area (Å²) >= 11 is 5.98. The van der Waals surface area contributed by atoms with Crippen molar-refractivity contribution in [3.05, 3.63) is 62.2 Å². The Labute approximate surface area is 147 Å².